The number of halogens is 1. The lowest BCUT2D eigenvalue weighted by Crippen LogP contribution is -2.50. The number of alkyl halides is 1. The van der Waals surface area contributed by atoms with E-state index >= 15 is 0 Å². The maximum Gasteiger partial charge on any atom is 0.407 e. The summed E-state index contributed by atoms with van der Waals surface area (Å²) in [6.45, 7) is 5.91. The zero-order valence-corrected chi connectivity index (χ0v) is 28.6. The second kappa shape index (κ2) is 17.3. The van der Waals surface area contributed by atoms with Crippen LogP contribution in [0.25, 0.3) is 0 Å². The average molecular weight is 660 g/mol. The van der Waals surface area contributed by atoms with Gasteiger partial charge in [-0.15, -0.1) is 0 Å². The zero-order chi connectivity index (χ0) is 34.0. The predicted octanol–water partition coefficient (Wildman–Crippen LogP) is 6.29. The summed E-state index contributed by atoms with van der Waals surface area (Å²) >= 11 is 0. The van der Waals surface area contributed by atoms with Crippen molar-refractivity contribution in [3.8, 4) is 0 Å². The standard InChI is InChI=1S/C36H54FN3O7/c1-36(2,3)47-35(44)39-30(23-37)25-11-13-26(14-12-25)33(42)40-20-19-29(24-9-6-5-7-10-24)31(40)32(41)38-28-17-15-27(16-18-28)34(43)46-22-8-21-45-4/h15-18,24-26,29-31H,5-14,19-23H2,1-4H3,(H,38,41)(H,39,44)/t25?,26?,29-,30+,31-/m0/s1. The summed E-state index contributed by atoms with van der Waals surface area (Å²) in [7, 11) is 1.60. The third-order valence-electron chi connectivity index (χ3n) is 9.92. The van der Waals surface area contributed by atoms with Crippen molar-refractivity contribution in [1.82, 2.24) is 10.2 Å². The van der Waals surface area contributed by atoms with Crippen molar-refractivity contribution in [3.05, 3.63) is 29.8 Å². The van der Waals surface area contributed by atoms with E-state index in [2.05, 4.69) is 10.6 Å². The summed E-state index contributed by atoms with van der Waals surface area (Å²) in [5, 5.41) is 5.72. The first-order valence-electron chi connectivity index (χ1n) is 17.4. The van der Waals surface area contributed by atoms with Gasteiger partial charge in [0, 0.05) is 38.3 Å². The summed E-state index contributed by atoms with van der Waals surface area (Å²) < 4.78 is 29.6. The van der Waals surface area contributed by atoms with Gasteiger partial charge in [0.05, 0.1) is 18.2 Å². The van der Waals surface area contributed by atoms with Gasteiger partial charge >= 0.3 is 12.1 Å². The minimum absolute atomic E-state index is 0.00891. The first kappa shape index (κ1) is 36.6. The zero-order valence-electron chi connectivity index (χ0n) is 28.6. The fourth-order valence-electron chi connectivity index (χ4n) is 7.56. The molecule has 1 saturated heterocycles. The number of rotatable bonds is 12. The Labute approximate surface area is 278 Å². The number of anilines is 1. The molecule has 2 aliphatic carbocycles. The molecule has 0 spiro atoms. The van der Waals surface area contributed by atoms with E-state index in [4.69, 9.17) is 14.2 Å². The molecule has 3 atom stereocenters. The van der Waals surface area contributed by atoms with E-state index in [0.717, 1.165) is 32.1 Å². The minimum Gasteiger partial charge on any atom is -0.462 e. The molecule has 262 valence electrons. The Balaban J connectivity index is 1.39. The number of carbonyl (C=O) groups excluding carboxylic acids is 4. The van der Waals surface area contributed by atoms with Crippen LogP contribution in [0.3, 0.4) is 0 Å². The highest BCUT2D eigenvalue weighted by molar-refractivity contribution is 5.98. The Morgan fingerprint density at radius 1 is 0.936 bits per heavy atom. The van der Waals surface area contributed by atoms with Gasteiger partial charge in [0.15, 0.2) is 0 Å². The van der Waals surface area contributed by atoms with Crippen LogP contribution in [0, 0.1) is 23.7 Å². The summed E-state index contributed by atoms with van der Waals surface area (Å²) in [5.41, 5.74) is 0.276. The molecule has 0 radical (unpaired) electrons. The first-order valence-corrected chi connectivity index (χ1v) is 17.4. The molecule has 0 unspecified atom stereocenters. The fraction of sp³-hybridized carbons (Fsp3) is 0.722. The number of esters is 1. The molecule has 1 aromatic rings. The number of amides is 3. The number of benzene rings is 1. The van der Waals surface area contributed by atoms with Crippen molar-refractivity contribution < 1.29 is 37.8 Å². The van der Waals surface area contributed by atoms with Crippen LogP contribution in [-0.2, 0) is 23.8 Å². The Bertz CT molecular complexity index is 1190. The van der Waals surface area contributed by atoms with Crippen molar-refractivity contribution in [3.63, 3.8) is 0 Å². The van der Waals surface area contributed by atoms with Crippen molar-refractivity contribution in [1.29, 1.82) is 0 Å². The van der Waals surface area contributed by atoms with E-state index in [-0.39, 0.29) is 36.2 Å². The highest BCUT2D eigenvalue weighted by Crippen LogP contribution is 2.41. The SMILES string of the molecule is COCCCOC(=O)c1ccc(NC(=O)[C@@H]2[C@H](C3CCCCC3)CCN2C(=O)C2CCC([C@@H](CF)NC(=O)OC(C)(C)C)CC2)cc1. The second-order valence-corrected chi connectivity index (χ2v) is 14.4. The minimum atomic E-state index is -0.698. The maximum atomic E-state index is 14.0. The molecule has 1 aromatic carbocycles. The van der Waals surface area contributed by atoms with E-state index in [9.17, 15) is 23.6 Å². The Hall–Kier alpha value is -3.21. The molecule has 1 heterocycles. The Morgan fingerprint density at radius 2 is 1.62 bits per heavy atom. The lowest BCUT2D eigenvalue weighted by atomic mass is 9.76. The molecule has 47 heavy (non-hydrogen) atoms. The summed E-state index contributed by atoms with van der Waals surface area (Å²) in [6, 6.07) is 5.41. The van der Waals surface area contributed by atoms with Crippen LogP contribution in [-0.4, -0.2) is 80.0 Å². The number of hydrogen-bond acceptors (Lipinski definition) is 7. The van der Waals surface area contributed by atoms with Crippen LogP contribution < -0.4 is 10.6 Å². The molecule has 3 amide bonds. The molecule has 3 fully saturated rings. The lowest BCUT2D eigenvalue weighted by molar-refractivity contribution is -0.142. The smallest absolute Gasteiger partial charge is 0.407 e. The predicted molar refractivity (Wildman–Crippen MR) is 177 cm³/mol. The second-order valence-electron chi connectivity index (χ2n) is 14.4. The summed E-state index contributed by atoms with van der Waals surface area (Å²) in [4.78, 5) is 54.5. The third kappa shape index (κ3) is 10.4. The molecule has 3 aliphatic rings. The highest BCUT2D eigenvalue weighted by Gasteiger charge is 2.47. The van der Waals surface area contributed by atoms with E-state index in [1.165, 1.54) is 6.42 Å². The summed E-state index contributed by atoms with van der Waals surface area (Å²) in [6.07, 6.45) is 8.78. The molecular formula is C36H54FN3O7. The maximum absolute atomic E-state index is 14.0. The van der Waals surface area contributed by atoms with Crippen LogP contribution >= 0.6 is 0 Å². The number of nitrogens with one attached hydrogen (secondary N) is 2. The molecule has 0 aromatic heterocycles. The molecular weight excluding hydrogens is 605 g/mol. The van der Waals surface area contributed by atoms with E-state index in [0.29, 0.717) is 62.4 Å². The largest absolute Gasteiger partial charge is 0.462 e. The third-order valence-corrected chi connectivity index (χ3v) is 9.92. The van der Waals surface area contributed by atoms with Gasteiger partial charge in [0.2, 0.25) is 11.8 Å². The lowest BCUT2D eigenvalue weighted by Gasteiger charge is -2.37. The number of alkyl carbamates (subject to hydrolysis) is 1. The Morgan fingerprint density at radius 3 is 2.23 bits per heavy atom. The molecule has 2 N–H and O–H groups in total. The summed E-state index contributed by atoms with van der Waals surface area (Å²) in [5.74, 6) is -0.493. The van der Waals surface area contributed by atoms with Gasteiger partial charge in [0.25, 0.3) is 0 Å². The fourth-order valence-corrected chi connectivity index (χ4v) is 7.56. The van der Waals surface area contributed by atoms with Crippen molar-refractivity contribution in [2.75, 3.05) is 38.9 Å². The number of likely N-dealkylation sites (tertiary alicyclic amines) is 1. The van der Waals surface area contributed by atoms with Crippen LogP contribution in [0.1, 0.15) is 102 Å². The van der Waals surface area contributed by atoms with Gasteiger partial charge in [-0.05, 0) is 94.9 Å². The normalized spacial score (nSPS) is 24.3. The van der Waals surface area contributed by atoms with Gasteiger partial charge in [0.1, 0.15) is 18.3 Å². The van der Waals surface area contributed by atoms with Crippen molar-refractivity contribution >= 4 is 29.6 Å². The van der Waals surface area contributed by atoms with E-state index < -0.39 is 36.4 Å². The van der Waals surface area contributed by atoms with Gasteiger partial charge in [-0.3, -0.25) is 9.59 Å². The Kier molecular flexibility index (Phi) is 13.5. The monoisotopic (exact) mass is 659 g/mol. The van der Waals surface area contributed by atoms with Gasteiger partial charge in [-0.1, -0.05) is 32.1 Å². The highest BCUT2D eigenvalue weighted by atomic mass is 19.1. The number of hydrogen-bond donors (Lipinski definition) is 2. The van der Waals surface area contributed by atoms with Gasteiger partial charge < -0.3 is 29.7 Å². The average Bonchev–Trinajstić information content (AvgIpc) is 3.51. The topological polar surface area (TPSA) is 123 Å². The quantitative estimate of drug-likeness (QED) is 0.200. The van der Waals surface area contributed by atoms with Crippen LogP contribution in [0.2, 0.25) is 0 Å². The molecule has 0 bridgehead atoms. The van der Waals surface area contributed by atoms with Crippen LogP contribution in [0.5, 0.6) is 0 Å². The number of ether oxygens (including phenoxy) is 3. The van der Waals surface area contributed by atoms with Crippen LogP contribution in [0.15, 0.2) is 24.3 Å². The van der Waals surface area contributed by atoms with E-state index in [1.807, 2.05) is 0 Å². The van der Waals surface area contributed by atoms with Gasteiger partial charge in [-0.2, -0.15) is 0 Å². The molecule has 1 aliphatic heterocycles. The van der Waals surface area contributed by atoms with Crippen molar-refractivity contribution in [2.45, 2.75) is 109 Å². The number of nitrogens with zero attached hydrogens (tertiary/aromatic N) is 1. The van der Waals surface area contributed by atoms with Crippen molar-refractivity contribution in [2.24, 2.45) is 23.7 Å². The molecule has 11 heteroatoms. The number of methoxy groups -OCH3 is 1. The molecule has 2 saturated carbocycles. The van der Waals surface area contributed by atoms with E-state index in [1.54, 1.807) is 57.0 Å². The number of carbonyl (C=O) groups is 4. The van der Waals surface area contributed by atoms with Crippen LogP contribution in [0.4, 0.5) is 14.9 Å². The molecule has 4 rings (SSSR count). The first-order chi connectivity index (χ1) is 22.5. The van der Waals surface area contributed by atoms with Gasteiger partial charge in [-0.25, -0.2) is 14.0 Å². The molecule has 10 nitrogen and oxygen atoms in total.